The number of hydrogen-bond donors (Lipinski definition) is 2. The molecule has 214 valence electrons. The topological polar surface area (TPSA) is 115 Å². The first kappa shape index (κ1) is 26.4. The fourth-order valence-corrected chi connectivity index (χ4v) is 6.40. The van der Waals surface area contributed by atoms with Gasteiger partial charge in [0.1, 0.15) is 13.2 Å². The van der Waals surface area contributed by atoms with Crippen molar-refractivity contribution in [3.8, 4) is 11.5 Å². The number of hydrogen-bond acceptors (Lipinski definition) is 7. The number of nitrogens with zero attached hydrogens (tertiary/aromatic N) is 2. The fourth-order valence-electron chi connectivity index (χ4n) is 6.09. The van der Waals surface area contributed by atoms with Gasteiger partial charge >= 0.3 is 0 Å². The van der Waals surface area contributed by atoms with E-state index in [1.165, 1.54) is 0 Å². The summed E-state index contributed by atoms with van der Waals surface area (Å²) in [6.07, 6.45) is 0.998. The van der Waals surface area contributed by atoms with E-state index < -0.39 is 5.91 Å². The molecule has 2 aromatic carbocycles. The Labute approximate surface area is 249 Å². The smallest absolute Gasteiger partial charge is 0.291 e. The molecule has 5 heterocycles. The second-order valence-corrected chi connectivity index (χ2v) is 11.5. The third-order valence-electron chi connectivity index (χ3n) is 7.92. The Morgan fingerprint density at radius 3 is 2.55 bits per heavy atom. The minimum Gasteiger partial charge on any atom is -0.486 e. The molecule has 1 fully saturated rings. The zero-order valence-electron chi connectivity index (χ0n) is 22.5. The minimum absolute atomic E-state index is 0.0293. The molecule has 3 aliphatic heterocycles. The van der Waals surface area contributed by atoms with E-state index in [9.17, 15) is 14.4 Å². The zero-order chi connectivity index (χ0) is 28.8. The number of nitrogens with one attached hydrogen (secondary N) is 2. The van der Waals surface area contributed by atoms with Crippen LogP contribution in [0.1, 0.15) is 38.9 Å². The maximum Gasteiger partial charge on any atom is 0.291 e. The Kier molecular flexibility index (Phi) is 6.73. The van der Waals surface area contributed by atoms with Gasteiger partial charge in [0.05, 0.1) is 11.4 Å². The standard InChI is InChI=1S/C31H27BrN4O6/c32-28-9-8-26(42-28)31(39)34-22-13-19(30(38)33-21-5-7-25-27(14-21)41-11-10-40-25)4-6-24(22)35-15-18-12-20(17-35)23-2-1-3-29(37)36(23)16-18/h1-9,13-14,18,20H,10-12,15-17H2,(H,33,38)(H,34,39). The molecule has 1 saturated heterocycles. The molecule has 10 nitrogen and oxygen atoms in total. The third kappa shape index (κ3) is 5.04. The van der Waals surface area contributed by atoms with Crippen molar-refractivity contribution in [2.24, 2.45) is 5.92 Å². The summed E-state index contributed by atoms with van der Waals surface area (Å²) in [5.74, 6) is 1.04. The van der Waals surface area contributed by atoms with Crippen LogP contribution < -0.4 is 30.6 Å². The summed E-state index contributed by atoms with van der Waals surface area (Å²) in [6.45, 7) is 2.98. The number of piperidine rings is 1. The predicted octanol–water partition coefficient (Wildman–Crippen LogP) is 5.10. The van der Waals surface area contributed by atoms with E-state index in [-0.39, 0.29) is 29.1 Å². The first-order chi connectivity index (χ1) is 20.4. The molecule has 2 amide bonds. The SMILES string of the molecule is O=C(Nc1ccc2c(c1)OCCO2)c1ccc(N2CC3CC(C2)c2cccc(=O)n2C3)c(NC(=O)c2ccc(Br)o2)c1. The number of ether oxygens (including phenoxy) is 2. The highest BCUT2D eigenvalue weighted by atomic mass is 79.9. The Bertz CT molecular complexity index is 1760. The van der Waals surface area contributed by atoms with E-state index in [2.05, 4.69) is 31.5 Å². The van der Waals surface area contributed by atoms with Crippen molar-refractivity contribution in [1.82, 2.24) is 4.57 Å². The highest BCUT2D eigenvalue weighted by Gasteiger charge is 2.35. The fraction of sp³-hybridized carbons (Fsp3) is 0.258. The number of pyridine rings is 1. The minimum atomic E-state index is -0.430. The predicted molar refractivity (Wildman–Crippen MR) is 160 cm³/mol. The molecule has 4 aromatic rings. The van der Waals surface area contributed by atoms with Gasteiger partial charge < -0.3 is 34.0 Å². The van der Waals surface area contributed by atoms with Crippen LogP contribution in [0.2, 0.25) is 0 Å². The van der Waals surface area contributed by atoms with Gasteiger partial charge in [-0.2, -0.15) is 0 Å². The normalized spacial score (nSPS) is 18.6. The van der Waals surface area contributed by atoms with Gasteiger partial charge in [-0.1, -0.05) is 6.07 Å². The molecule has 2 aromatic heterocycles. The molecule has 2 N–H and O–H groups in total. The molecule has 0 aliphatic carbocycles. The van der Waals surface area contributed by atoms with Gasteiger partial charge in [0.2, 0.25) is 0 Å². The van der Waals surface area contributed by atoms with Crippen LogP contribution in [0.5, 0.6) is 11.5 Å². The number of rotatable bonds is 5. The van der Waals surface area contributed by atoms with Gasteiger partial charge in [-0.15, -0.1) is 0 Å². The second kappa shape index (κ2) is 10.7. The van der Waals surface area contributed by atoms with E-state index in [0.29, 0.717) is 59.4 Å². The van der Waals surface area contributed by atoms with Crippen molar-refractivity contribution in [1.29, 1.82) is 0 Å². The molecule has 0 spiro atoms. The van der Waals surface area contributed by atoms with Crippen LogP contribution >= 0.6 is 15.9 Å². The molecule has 11 heteroatoms. The van der Waals surface area contributed by atoms with Crippen molar-refractivity contribution >= 4 is 44.8 Å². The maximum atomic E-state index is 13.3. The molecule has 3 aliphatic rings. The number of anilines is 3. The quantitative estimate of drug-likeness (QED) is 0.315. The van der Waals surface area contributed by atoms with Gasteiger partial charge in [0, 0.05) is 54.6 Å². The lowest BCUT2D eigenvalue weighted by molar-refractivity contribution is 0.0992. The van der Waals surface area contributed by atoms with Gasteiger partial charge in [0.15, 0.2) is 21.9 Å². The number of amides is 2. The van der Waals surface area contributed by atoms with E-state index in [1.54, 1.807) is 48.5 Å². The van der Waals surface area contributed by atoms with Crippen LogP contribution in [0.4, 0.5) is 17.1 Å². The molecule has 2 unspecified atom stereocenters. The lowest BCUT2D eigenvalue weighted by atomic mass is 9.83. The molecule has 0 radical (unpaired) electrons. The monoisotopic (exact) mass is 630 g/mol. The summed E-state index contributed by atoms with van der Waals surface area (Å²) in [7, 11) is 0. The van der Waals surface area contributed by atoms with E-state index >= 15 is 0 Å². The van der Waals surface area contributed by atoms with Gasteiger partial charge in [-0.25, -0.2) is 0 Å². The van der Waals surface area contributed by atoms with Crippen LogP contribution in [-0.4, -0.2) is 42.7 Å². The molecule has 0 saturated carbocycles. The summed E-state index contributed by atoms with van der Waals surface area (Å²) in [5.41, 5.74) is 3.29. The molecular weight excluding hydrogens is 604 g/mol. The number of carbonyl (C=O) groups excluding carboxylic acids is 2. The number of benzene rings is 2. The number of carbonyl (C=O) groups is 2. The van der Waals surface area contributed by atoms with Crippen molar-refractivity contribution in [2.45, 2.75) is 18.9 Å². The van der Waals surface area contributed by atoms with Gasteiger partial charge in [0.25, 0.3) is 17.4 Å². The molecule has 2 atom stereocenters. The summed E-state index contributed by atoms with van der Waals surface area (Å²) < 4.78 is 19.0. The van der Waals surface area contributed by atoms with Crippen LogP contribution in [0.15, 0.2) is 80.6 Å². The van der Waals surface area contributed by atoms with Crippen LogP contribution in [0, 0.1) is 5.92 Å². The average Bonchev–Trinajstić information content (AvgIpc) is 3.44. The summed E-state index contributed by atoms with van der Waals surface area (Å²) >= 11 is 3.25. The molecular formula is C31H27BrN4O6. The lowest BCUT2D eigenvalue weighted by Gasteiger charge is -2.44. The highest BCUT2D eigenvalue weighted by molar-refractivity contribution is 9.10. The maximum absolute atomic E-state index is 13.3. The molecule has 2 bridgehead atoms. The number of fused-ring (bicyclic) bond motifs is 5. The average molecular weight is 631 g/mol. The number of halogens is 1. The zero-order valence-corrected chi connectivity index (χ0v) is 24.1. The van der Waals surface area contributed by atoms with Crippen molar-refractivity contribution < 1.29 is 23.5 Å². The second-order valence-electron chi connectivity index (χ2n) is 10.7. The van der Waals surface area contributed by atoms with Gasteiger partial charge in [-0.05, 0) is 76.8 Å². The highest BCUT2D eigenvalue weighted by Crippen LogP contribution is 2.40. The van der Waals surface area contributed by atoms with Crippen molar-refractivity contribution in [3.63, 3.8) is 0 Å². The first-order valence-electron chi connectivity index (χ1n) is 13.8. The number of aromatic nitrogens is 1. The lowest BCUT2D eigenvalue weighted by Crippen LogP contribution is -2.47. The van der Waals surface area contributed by atoms with Crippen LogP contribution in [-0.2, 0) is 6.54 Å². The van der Waals surface area contributed by atoms with Crippen molar-refractivity contribution in [2.75, 3.05) is 41.8 Å². The Morgan fingerprint density at radius 1 is 0.857 bits per heavy atom. The summed E-state index contributed by atoms with van der Waals surface area (Å²) in [6, 6.07) is 19.2. The van der Waals surface area contributed by atoms with Crippen LogP contribution in [0.25, 0.3) is 0 Å². The molecule has 42 heavy (non-hydrogen) atoms. The Balaban J connectivity index is 1.19. The van der Waals surface area contributed by atoms with E-state index in [0.717, 1.165) is 24.3 Å². The Hall–Kier alpha value is -4.51. The van der Waals surface area contributed by atoms with Crippen molar-refractivity contribution in [3.05, 3.63) is 98.8 Å². The first-order valence-corrected chi connectivity index (χ1v) is 14.6. The van der Waals surface area contributed by atoms with E-state index in [1.807, 2.05) is 22.8 Å². The number of furan rings is 1. The third-order valence-corrected chi connectivity index (χ3v) is 8.35. The van der Waals surface area contributed by atoms with E-state index in [4.69, 9.17) is 13.9 Å². The molecule has 7 rings (SSSR count). The largest absolute Gasteiger partial charge is 0.486 e. The summed E-state index contributed by atoms with van der Waals surface area (Å²) in [4.78, 5) is 41.2. The summed E-state index contributed by atoms with van der Waals surface area (Å²) in [5, 5.41) is 5.88. The van der Waals surface area contributed by atoms with Crippen LogP contribution in [0.3, 0.4) is 0 Å². The Morgan fingerprint density at radius 2 is 1.71 bits per heavy atom. The van der Waals surface area contributed by atoms with Gasteiger partial charge in [-0.3, -0.25) is 14.4 Å².